The van der Waals surface area contributed by atoms with Gasteiger partial charge in [-0.05, 0) is 25.7 Å². The molecule has 1 aromatic heterocycles. The molecule has 0 aromatic carbocycles. The molecule has 3 aliphatic rings. The van der Waals surface area contributed by atoms with E-state index >= 15 is 0 Å². The number of hydrogen-bond donors (Lipinski definition) is 1. The molecule has 152 valence electrons. The lowest BCUT2D eigenvalue weighted by Crippen LogP contribution is -2.48. The van der Waals surface area contributed by atoms with Crippen molar-refractivity contribution in [2.75, 3.05) is 32.8 Å². The number of aromatic amines is 1. The lowest BCUT2D eigenvalue weighted by atomic mass is 9.76. The standard InChI is InChI=1S/C20H28N4O4/c1-19(2,3)17-21-15-13(16(26)22-17)4-5-20(15)6-8-23(9-7-20)14(25)12-24-10-11-28-18(24)27/h4-12H2,1-3H3,(H,21,22,26). The third-order valence-electron chi connectivity index (χ3n) is 6.33. The summed E-state index contributed by atoms with van der Waals surface area (Å²) in [5, 5.41) is 0. The van der Waals surface area contributed by atoms with E-state index in [1.807, 2.05) is 25.7 Å². The van der Waals surface area contributed by atoms with Crippen molar-refractivity contribution in [3.8, 4) is 0 Å². The molecular formula is C20H28N4O4. The molecule has 0 atom stereocenters. The van der Waals surface area contributed by atoms with E-state index in [9.17, 15) is 14.4 Å². The van der Waals surface area contributed by atoms with Gasteiger partial charge < -0.3 is 14.6 Å². The molecule has 0 radical (unpaired) electrons. The van der Waals surface area contributed by atoms with Crippen molar-refractivity contribution in [2.45, 2.75) is 57.3 Å². The van der Waals surface area contributed by atoms with Crippen molar-refractivity contribution in [3.05, 3.63) is 27.4 Å². The second-order valence-electron chi connectivity index (χ2n) is 9.19. The van der Waals surface area contributed by atoms with E-state index < -0.39 is 6.09 Å². The summed E-state index contributed by atoms with van der Waals surface area (Å²) < 4.78 is 4.89. The van der Waals surface area contributed by atoms with Crippen molar-refractivity contribution in [2.24, 2.45) is 0 Å². The molecule has 28 heavy (non-hydrogen) atoms. The minimum Gasteiger partial charge on any atom is -0.448 e. The average molecular weight is 388 g/mol. The zero-order valence-electron chi connectivity index (χ0n) is 16.8. The number of piperidine rings is 1. The first-order chi connectivity index (χ1) is 13.2. The molecule has 3 heterocycles. The summed E-state index contributed by atoms with van der Waals surface area (Å²) in [6.07, 6.45) is 2.85. The number of carbonyl (C=O) groups is 2. The Morgan fingerprint density at radius 2 is 1.89 bits per heavy atom. The Bertz CT molecular complexity index is 862. The first kappa shape index (κ1) is 19.0. The topological polar surface area (TPSA) is 95.6 Å². The van der Waals surface area contributed by atoms with Crippen LogP contribution in [0.5, 0.6) is 0 Å². The molecule has 0 bridgehead atoms. The number of nitrogens with one attached hydrogen (secondary N) is 1. The van der Waals surface area contributed by atoms with Gasteiger partial charge in [-0.25, -0.2) is 9.78 Å². The van der Waals surface area contributed by atoms with Crippen molar-refractivity contribution in [3.63, 3.8) is 0 Å². The smallest absolute Gasteiger partial charge is 0.410 e. The number of H-pyrrole nitrogens is 1. The van der Waals surface area contributed by atoms with Crippen LogP contribution < -0.4 is 5.56 Å². The molecule has 2 aliphatic heterocycles. The van der Waals surface area contributed by atoms with Crippen molar-refractivity contribution in [1.82, 2.24) is 19.8 Å². The van der Waals surface area contributed by atoms with Crippen LogP contribution in [0.4, 0.5) is 4.79 Å². The van der Waals surface area contributed by atoms with E-state index in [-0.39, 0.29) is 28.8 Å². The minimum atomic E-state index is -0.412. The second-order valence-corrected chi connectivity index (χ2v) is 9.19. The summed E-state index contributed by atoms with van der Waals surface area (Å²) >= 11 is 0. The van der Waals surface area contributed by atoms with Crippen LogP contribution in [0.1, 0.15) is 57.1 Å². The summed E-state index contributed by atoms with van der Waals surface area (Å²) in [5.74, 6) is 0.685. The normalized spacial score (nSPS) is 21.2. The fourth-order valence-electron chi connectivity index (χ4n) is 4.51. The van der Waals surface area contributed by atoms with Crippen LogP contribution in [0, 0.1) is 0 Å². The van der Waals surface area contributed by atoms with Crippen LogP contribution in [0.25, 0.3) is 0 Å². The van der Waals surface area contributed by atoms with E-state index in [2.05, 4.69) is 4.98 Å². The number of rotatable bonds is 2. The number of ether oxygens (including phenoxy) is 1. The maximum Gasteiger partial charge on any atom is 0.410 e. The molecule has 1 aromatic rings. The van der Waals surface area contributed by atoms with Gasteiger partial charge in [0.15, 0.2) is 0 Å². The summed E-state index contributed by atoms with van der Waals surface area (Å²) in [7, 11) is 0. The van der Waals surface area contributed by atoms with E-state index in [1.54, 1.807) is 0 Å². The Balaban J connectivity index is 1.50. The predicted octanol–water partition coefficient (Wildman–Crippen LogP) is 1.33. The van der Waals surface area contributed by atoms with E-state index in [0.717, 1.165) is 42.8 Å². The molecule has 1 aliphatic carbocycles. The van der Waals surface area contributed by atoms with Gasteiger partial charge >= 0.3 is 6.09 Å². The summed E-state index contributed by atoms with van der Waals surface area (Å²) in [4.78, 5) is 47.9. The maximum atomic E-state index is 12.6. The SMILES string of the molecule is CC(C)(C)c1nc2c(c(=O)[nH]1)CCC21CCN(C(=O)CN2CCOC2=O)CC1. The Morgan fingerprint density at radius 3 is 2.50 bits per heavy atom. The lowest BCUT2D eigenvalue weighted by molar-refractivity contribution is -0.133. The molecule has 2 saturated heterocycles. The third-order valence-corrected chi connectivity index (χ3v) is 6.33. The second kappa shape index (κ2) is 6.60. The van der Waals surface area contributed by atoms with Gasteiger partial charge in [0.25, 0.3) is 5.56 Å². The van der Waals surface area contributed by atoms with Crippen molar-refractivity contribution in [1.29, 1.82) is 0 Å². The zero-order valence-corrected chi connectivity index (χ0v) is 16.8. The molecule has 1 spiro atoms. The first-order valence-corrected chi connectivity index (χ1v) is 10.0. The highest BCUT2D eigenvalue weighted by atomic mass is 16.6. The first-order valence-electron chi connectivity index (χ1n) is 10.0. The number of carbonyl (C=O) groups excluding carboxylic acids is 2. The van der Waals surface area contributed by atoms with Gasteiger partial charge in [0, 0.05) is 29.5 Å². The van der Waals surface area contributed by atoms with Gasteiger partial charge in [0.2, 0.25) is 5.91 Å². The molecule has 0 unspecified atom stereocenters. The average Bonchev–Trinajstić information content (AvgIpc) is 3.20. The molecule has 8 nitrogen and oxygen atoms in total. The third kappa shape index (κ3) is 3.18. The van der Waals surface area contributed by atoms with Crippen molar-refractivity contribution >= 4 is 12.0 Å². The van der Waals surface area contributed by atoms with Crippen LogP contribution in [-0.2, 0) is 26.8 Å². The Morgan fingerprint density at radius 1 is 1.18 bits per heavy atom. The van der Waals surface area contributed by atoms with Gasteiger partial charge in [-0.2, -0.15) is 0 Å². The van der Waals surface area contributed by atoms with Gasteiger partial charge in [0.1, 0.15) is 19.0 Å². The maximum absolute atomic E-state index is 12.6. The van der Waals surface area contributed by atoms with E-state index in [1.165, 1.54) is 4.90 Å². The molecule has 2 fully saturated rings. The van der Waals surface area contributed by atoms with Gasteiger partial charge in [-0.1, -0.05) is 20.8 Å². The van der Waals surface area contributed by atoms with Gasteiger partial charge in [-0.15, -0.1) is 0 Å². The van der Waals surface area contributed by atoms with Gasteiger partial charge in [0.05, 0.1) is 12.2 Å². The largest absolute Gasteiger partial charge is 0.448 e. The van der Waals surface area contributed by atoms with Crippen molar-refractivity contribution < 1.29 is 14.3 Å². The number of fused-ring (bicyclic) bond motifs is 2. The molecule has 1 N–H and O–H groups in total. The zero-order chi connectivity index (χ0) is 20.1. The molecular weight excluding hydrogens is 360 g/mol. The number of nitrogens with zero attached hydrogens (tertiary/aromatic N) is 3. The fraction of sp³-hybridized carbons (Fsp3) is 0.700. The Kier molecular flexibility index (Phi) is 4.47. The highest BCUT2D eigenvalue weighted by Crippen LogP contribution is 2.44. The van der Waals surface area contributed by atoms with Crippen LogP contribution in [-0.4, -0.2) is 64.6 Å². The molecule has 2 amide bonds. The van der Waals surface area contributed by atoms with Crippen LogP contribution >= 0.6 is 0 Å². The van der Waals surface area contributed by atoms with Crippen LogP contribution in [0.15, 0.2) is 4.79 Å². The number of aromatic nitrogens is 2. The molecule has 8 heteroatoms. The summed E-state index contributed by atoms with van der Waals surface area (Å²) in [5.41, 5.74) is 1.40. The lowest BCUT2D eigenvalue weighted by Gasteiger charge is -2.40. The number of hydrogen-bond acceptors (Lipinski definition) is 5. The highest BCUT2D eigenvalue weighted by Gasteiger charge is 2.45. The number of likely N-dealkylation sites (tertiary alicyclic amines) is 1. The molecule has 4 rings (SSSR count). The van der Waals surface area contributed by atoms with Gasteiger partial charge in [-0.3, -0.25) is 14.5 Å². The number of cyclic esters (lactones) is 1. The summed E-state index contributed by atoms with van der Waals surface area (Å²) in [6.45, 7) is 8.29. The summed E-state index contributed by atoms with van der Waals surface area (Å²) in [6, 6.07) is 0. The van der Waals surface area contributed by atoms with E-state index in [4.69, 9.17) is 9.72 Å². The monoisotopic (exact) mass is 388 g/mol. The Hall–Kier alpha value is -2.38. The Labute approximate surface area is 164 Å². The molecule has 0 saturated carbocycles. The highest BCUT2D eigenvalue weighted by molar-refractivity contribution is 5.83. The minimum absolute atomic E-state index is 0.0159. The number of amides is 2. The van der Waals surface area contributed by atoms with Crippen LogP contribution in [0.3, 0.4) is 0 Å². The predicted molar refractivity (Wildman–Crippen MR) is 102 cm³/mol. The quantitative estimate of drug-likeness (QED) is 0.825. The van der Waals surface area contributed by atoms with E-state index in [0.29, 0.717) is 26.2 Å². The van der Waals surface area contributed by atoms with Crippen LogP contribution in [0.2, 0.25) is 0 Å². The fourth-order valence-corrected chi connectivity index (χ4v) is 4.51.